The number of hydrogen-bond donors (Lipinski definition) is 5. The third-order valence-electron chi connectivity index (χ3n) is 8.92. The lowest BCUT2D eigenvalue weighted by atomic mass is 9.54. The number of nitrogens with one attached hydrogen (secondary N) is 2. The van der Waals surface area contributed by atoms with Gasteiger partial charge in [-0.1, -0.05) is 42.8 Å². The van der Waals surface area contributed by atoms with Crippen molar-refractivity contribution in [1.29, 1.82) is 0 Å². The molecule has 1 saturated heterocycles. The lowest BCUT2D eigenvalue weighted by Gasteiger charge is -2.46. The van der Waals surface area contributed by atoms with Gasteiger partial charge < -0.3 is 25.6 Å². The smallest absolute Gasteiger partial charge is 0.235 e. The van der Waals surface area contributed by atoms with Crippen molar-refractivity contribution in [3.63, 3.8) is 0 Å². The summed E-state index contributed by atoms with van der Waals surface area (Å²) < 4.78 is 0. The second-order valence-electron chi connectivity index (χ2n) is 11.1. The van der Waals surface area contributed by atoms with Crippen LogP contribution in [0, 0.1) is 23.2 Å². The summed E-state index contributed by atoms with van der Waals surface area (Å²) in [6, 6.07) is 7.62. The van der Waals surface area contributed by atoms with E-state index >= 15 is 0 Å². The van der Waals surface area contributed by atoms with Crippen molar-refractivity contribution in [2.75, 3.05) is 0 Å². The molecule has 1 aromatic carbocycles. The molecule has 2 heterocycles. The molecule has 36 heavy (non-hydrogen) atoms. The number of H-pyrrole nitrogens is 1. The van der Waals surface area contributed by atoms with Crippen LogP contribution in [0.5, 0.6) is 0 Å². The van der Waals surface area contributed by atoms with Crippen LogP contribution in [0.1, 0.15) is 45.6 Å². The maximum absolute atomic E-state index is 14.1. The van der Waals surface area contributed by atoms with Gasteiger partial charge in [0, 0.05) is 41.4 Å². The zero-order chi connectivity index (χ0) is 25.8. The van der Waals surface area contributed by atoms with E-state index in [9.17, 15) is 24.9 Å². The van der Waals surface area contributed by atoms with Gasteiger partial charge in [0.15, 0.2) is 5.78 Å². The fraction of sp³-hybridized carbons (Fsp3) is 0.517. The molecule has 3 aliphatic rings. The highest BCUT2D eigenvalue weighted by atomic mass is 16.3. The maximum Gasteiger partial charge on any atom is 0.235 e. The molecule has 5 N–H and O–H groups in total. The van der Waals surface area contributed by atoms with Gasteiger partial charge in [0.2, 0.25) is 5.91 Å². The highest BCUT2D eigenvalue weighted by Crippen LogP contribution is 2.55. The average molecular weight is 493 g/mol. The van der Waals surface area contributed by atoms with Crippen molar-refractivity contribution in [3.8, 4) is 0 Å². The minimum Gasteiger partial charge on any atom is -0.390 e. The number of aromatic nitrogens is 1. The fourth-order valence-electron chi connectivity index (χ4n) is 6.90. The van der Waals surface area contributed by atoms with Gasteiger partial charge in [-0.05, 0) is 56.2 Å². The van der Waals surface area contributed by atoms with Crippen molar-refractivity contribution >= 4 is 22.6 Å². The highest BCUT2D eigenvalue weighted by molar-refractivity contribution is 6.10. The van der Waals surface area contributed by atoms with E-state index in [1.54, 1.807) is 0 Å². The Morgan fingerprint density at radius 1 is 1.06 bits per heavy atom. The molecule has 2 aromatic rings. The number of benzene rings is 1. The van der Waals surface area contributed by atoms with Crippen LogP contribution < -0.4 is 5.32 Å². The molecule has 1 amide bonds. The first-order valence-electron chi connectivity index (χ1n) is 12.9. The quantitative estimate of drug-likeness (QED) is 0.326. The number of aromatic amines is 1. The lowest BCUT2D eigenvalue weighted by Crippen LogP contribution is -2.56. The number of fused-ring (bicyclic) bond motifs is 1. The third kappa shape index (κ3) is 3.76. The number of para-hydroxylation sites is 1. The number of carbonyl (C=O) groups is 2. The minimum atomic E-state index is -1.55. The van der Waals surface area contributed by atoms with Gasteiger partial charge >= 0.3 is 0 Å². The van der Waals surface area contributed by atoms with Crippen molar-refractivity contribution in [2.45, 2.75) is 70.8 Å². The summed E-state index contributed by atoms with van der Waals surface area (Å²) in [6.45, 7) is 5.75. The van der Waals surface area contributed by atoms with Crippen LogP contribution in [0.15, 0.2) is 53.8 Å². The van der Waals surface area contributed by atoms with E-state index in [-0.39, 0.29) is 18.4 Å². The topological polar surface area (TPSA) is 123 Å². The molecular formula is C29H36N2O5. The number of aliphatic hydroxyl groups is 3. The van der Waals surface area contributed by atoms with E-state index in [1.807, 2.05) is 63.4 Å². The average Bonchev–Trinajstić information content (AvgIpc) is 3.38. The van der Waals surface area contributed by atoms with Crippen LogP contribution in [0.2, 0.25) is 0 Å². The van der Waals surface area contributed by atoms with Crippen LogP contribution >= 0.6 is 0 Å². The molecule has 1 unspecified atom stereocenters. The number of aliphatic hydroxyl groups excluding tert-OH is 3. The zero-order valence-electron chi connectivity index (χ0n) is 21.1. The lowest BCUT2D eigenvalue weighted by molar-refractivity contribution is -0.150. The van der Waals surface area contributed by atoms with Gasteiger partial charge in [0.25, 0.3) is 0 Å². The van der Waals surface area contributed by atoms with E-state index in [0.717, 1.165) is 27.6 Å². The first-order chi connectivity index (χ1) is 17.2. The Morgan fingerprint density at radius 3 is 2.58 bits per heavy atom. The summed E-state index contributed by atoms with van der Waals surface area (Å²) in [5.41, 5.74) is 2.12. The number of rotatable bonds is 2. The molecule has 1 aromatic heterocycles. The van der Waals surface area contributed by atoms with Gasteiger partial charge in [-0.2, -0.15) is 0 Å². The number of allylic oxidation sites excluding steroid dienone is 1. The van der Waals surface area contributed by atoms with E-state index in [1.165, 1.54) is 0 Å². The molecule has 0 bridgehead atoms. The number of Topliss-reactive ketones (excluding diaryl/α,β-unsaturated/α-hetero) is 1. The second kappa shape index (κ2) is 9.29. The van der Waals surface area contributed by atoms with Crippen LogP contribution in [0.3, 0.4) is 0 Å². The molecule has 8 atom stereocenters. The Morgan fingerprint density at radius 2 is 1.81 bits per heavy atom. The number of hydrogen-bond acceptors (Lipinski definition) is 5. The maximum atomic E-state index is 14.1. The fourth-order valence-corrected chi connectivity index (χ4v) is 6.90. The Bertz CT molecular complexity index is 1250. The largest absolute Gasteiger partial charge is 0.390 e. The molecular weight excluding hydrogens is 456 g/mol. The van der Waals surface area contributed by atoms with Crippen LogP contribution in [0.25, 0.3) is 10.9 Å². The summed E-state index contributed by atoms with van der Waals surface area (Å²) in [5.74, 6) is -1.98. The summed E-state index contributed by atoms with van der Waals surface area (Å²) in [6.07, 6.45) is 3.55. The van der Waals surface area contributed by atoms with Crippen LogP contribution in [-0.4, -0.2) is 56.3 Å². The minimum absolute atomic E-state index is 0.0805. The Balaban J connectivity index is 1.63. The zero-order valence-corrected chi connectivity index (χ0v) is 21.1. The van der Waals surface area contributed by atoms with Crippen LogP contribution in [-0.2, 0) is 16.0 Å². The molecule has 7 heteroatoms. The van der Waals surface area contributed by atoms with Gasteiger partial charge in [0.05, 0.1) is 18.3 Å². The van der Waals surface area contributed by atoms with E-state index in [0.29, 0.717) is 19.3 Å². The summed E-state index contributed by atoms with van der Waals surface area (Å²) in [5, 5.41) is 36.9. The van der Waals surface area contributed by atoms with Gasteiger partial charge in [-0.3, -0.25) is 9.59 Å². The Labute approximate surface area is 211 Å². The monoisotopic (exact) mass is 492 g/mol. The van der Waals surface area contributed by atoms with E-state index < -0.39 is 47.3 Å². The number of carbonyl (C=O) groups excluding carboxylic acids is 2. The van der Waals surface area contributed by atoms with Gasteiger partial charge in [-0.25, -0.2) is 0 Å². The number of amides is 1. The molecule has 192 valence electrons. The Kier molecular flexibility index (Phi) is 6.43. The SMILES string of the molecule is CC1=C(C)[C@H]2C(Cc3c[nH]c4ccccc34)NC(=O)[C@]23C(=O)C[C@@H](O)[C@H](O)C[C@@H](C)CC=C[C@H]3[C@@H]1O. The third-order valence-corrected chi connectivity index (χ3v) is 8.92. The molecule has 7 nitrogen and oxygen atoms in total. The molecule has 1 fully saturated rings. The summed E-state index contributed by atoms with van der Waals surface area (Å²) >= 11 is 0. The standard InChI is InChI=1S/C29H36N2O5/c1-15-7-6-9-20-27(35)17(3)16(2)26-22(12-18-14-30-21-10-5-4-8-19(18)21)31-28(36)29(20,26)25(34)13-24(33)23(32)11-15/h4-6,8-10,14-15,20,22-24,26-27,30,32-33,35H,7,11-13H2,1-3H3,(H,31,36)/t15-,20-,22?,23+,24+,26-,27+,29+/m0/s1. The normalized spacial score (nSPS) is 37.4. The molecule has 0 saturated carbocycles. The predicted molar refractivity (Wildman–Crippen MR) is 137 cm³/mol. The second-order valence-corrected chi connectivity index (χ2v) is 11.1. The van der Waals surface area contributed by atoms with Gasteiger partial charge in [0.1, 0.15) is 5.41 Å². The molecule has 1 spiro atoms. The Hall–Kier alpha value is -2.74. The first-order valence-corrected chi connectivity index (χ1v) is 12.9. The molecule has 1 aliphatic heterocycles. The van der Waals surface area contributed by atoms with Crippen molar-refractivity contribution < 1.29 is 24.9 Å². The molecule has 0 radical (unpaired) electrons. The van der Waals surface area contributed by atoms with Gasteiger partial charge in [-0.15, -0.1) is 0 Å². The van der Waals surface area contributed by atoms with Crippen molar-refractivity contribution in [1.82, 2.24) is 10.3 Å². The van der Waals surface area contributed by atoms with E-state index in [4.69, 9.17) is 0 Å². The van der Waals surface area contributed by atoms with E-state index in [2.05, 4.69) is 10.3 Å². The summed E-state index contributed by atoms with van der Waals surface area (Å²) in [7, 11) is 0. The van der Waals surface area contributed by atoms with Crippen molar-refractivity contribution in [3.05, 3.63) is 59.3 Å². The predicted octanol–water partition coefficient (Wildman–Crippen LogP) is 2.81. The highest BCUT2D eigenvalue weighted by Gasteiger charge is 2.66. The number of ketones is 1. The van der Waals surface area contributed by atoms with Crippen molar-refractivity contribution in [2.24, 2.45) is 23.2 Å². The summed E-state index contributed by atoms with van der Waals surface area (Å²) in [4.78, 5) is 31.3. The molecule has 2 aliphatic carbocycles. The van der Waals surface area contributed by atoms with Crippen LogP contribution in [0.4, 0.5) is 0 Å². The first kappa shape index (κ1) is 24.9. The molecule has 5 rings (SSSR count).